The molecule has 12 heavy (non-hydrogen) atoms. The summed E-state index contributed by atoms with van der Waals surface area (Å²) in [5.41, 5.74) is 6.23. The van der Waals surface area contributed by atoms with Crippen LogP contribution in [0.2, 0.25) is 0 Å². The Morgan fingerprint density at radius 3 is 2.25 bits per heavy atom. The van der Waals surface area contributed by atoms with Gasteiger partial charge < -0.3 is 11.1 Å². The second-order valence-corrected chi connectivity index (χ2v) is 4.95. The lowest BCUT2D eigenvalue weighted by Crippen LogP contribution is -2.53. The van der Waals surface area contributed by atoms with Crippen LogP contribution in [0.4, 0.5) is 0 Å². The minimum atomic E-state index is 0.208. The largest absolute Gasteiger partial charge is 0.326 e. The van der Waals surface area contributed by atoms with E-state index in [-0.39, 0.29) is 5.54 Å². The highest BCUT2D eigenvalue weighted by Gasteiger charge is 2.24. The van der Waals surface area contributed by atoms with Crippen molar-refractivity contribution in [2.24, 2.45) is 5.73 Å². The summed E-state index contributed by atoms with van der Waals surface area (Å²) in [6.07, 6.45) is 5.08. The summed E-state index contributed by atoms with van der Waals surface area (Å²) < 4.78 is 0. The molecule has 0 unspecified atom stereocenters. The number of hydrogen-bond acceptors (Lipinski definition) is 2. The Labute approximate surface area is 75.9 Å². The molecule has 2 nitrogen and oxygen atoms in total. The van der Waals surface area contributed by atoms with Crippen molar-refractivity contribution in [3.05, 3.63) is 0 Å². The number of nitrogens with one attached hydrogen (secondary N) is 1. The summed E-state index contributed by atoms with van der Waals surface area (Å²) in [6, 6.07) is 0.914. The standard InChI is InChI=1S/C10H22N2/c1-10(2,3)12-9-7-5-4-6-8(9)11/h8-9,12H,4-7,11H2,1-3H3/t8-,9+/m1/s1. The molecule has 0 bridgehead atoms. The second-order valence-electron chi connectivity index (χ2n) is 4.95. The minimum Gasteiger partial charge on any atom is -0.326 e. The molecule has 0 heterocycles. The van der Waals surface area contributed by atoms with E-state index in [1.165, 1.54) is 25.7 Å². The molecule has 2 atom stereocenters. The third-order valence-corrected chi connectivity index (χ3v) is 2.44. The van der Waals surface area contributed by atoms with Gasteiger partial charge in [0.2, 0.25) is 0 Å². The van der Waals surface area contributed by atoms with Crippen molar-refractivity contribution in [3.63, 3.8) is 0 Å². The predicted octanol–water partition coefficient (Wildman–Crippen LogP) is 1.64. The maximum absolute atomic E-state index is 6.02. The van der Waals surface area contributed by atoms with E-state index >= 15 is 0 Å². The van der Waals surface area contributed by atoms with Gasteiger partial charge in [-0.3, -0.25) is 0 Å². The van der Waals surface area contributed by atoms with Crippen molar-refractivity contribution in [3.8, 4) is 0 Å². The van der Waals surface area contributed by atoms with Gasteiger partial charge in [-0.1, -0.05) is 12.8 Å². The molecule has 0 spiro atoms. The van der Waals surface area contributed by atoms with E-state index in [1.807, 2.05) is 0 Å². The Kier molecular flexibility index (Phi) is 3.13. The molecule has 1 aliphatic carbocycles. The Hall–Kier alpha value is -0.0800. The molecule has 0 radical (unpaired) electrons. The maximum atomic E-state index is 6.02. The number of rotatable bonds is 1. The van der Waals surface area contributed by atoms with E-state index < -0.39 is 0 Å². The minimum absolute atomic E-state index is 0.208. The summed E-state index contributed by atoms with van der Waals surface area (Å²) in [4.78, 5) is 0. The molecule has 1 aliphatic rings. The molecule has 0 aromatic rings. The van der Waals surface area contributed by atoms with Gasteiger partial charge in [0.15, 0.2) is 0 Å². The van der Waals surface area contributed by atoms with Crippen LogP contribution < -0.4 is 11.1 Å². The highest BCUT2D eigenvalue weighted by Crippen LogP contribution is 2.18. The van der Waals surface area contributed by atoms with Crippen molar-refractivity contribution in [1.29, 1.82) is 0 Å². The van der Waals surface area contributed by atoms with Gasteiger partial charge in [0.05, 0.1) is 0 Å². The van der Waals surface area contributed by atoms with Crippen molar-refractivity contribution >= 4 is 0 Å². The zero-order valence-corrected chi connectivity index (χ0v) is 8.56. The van der Waals surface area contributed by atoms with E-state index in [4.69, 9.17) is 5.73 Å². The van der Waals surface area contributed by atoms with Crippen LogP contribution in [0, 0.1) is 0 Å². The lowest BCUT2D eigenvalue weighted by molar-refractivity contribution is 0.266. The van der Waals surface area contributed by atoms with Crippen LogP contribution in [0.15, 0.2) is 0 Å². The summed E-state index contributed by atoms with van der Waals surface area (Å²) >= 11 is 0. The number of nitrogens with two attached hydrogens (primary N) is 1. The van der Waals surface area contributed by atoms with Gasteiger partial charge in [-0.05, 0) is 33.6 Å². The molecule has 0 aliphatic heterocycles. The average molecular weight is 170 g/mol. The van der Waals surface area contributed by atoms with Crippen LogP contribution in [0.3, 0.4) is 0 Å². The van der Waals surface area contributed by atoms with E-state index in [2.05, 4.69) is 26.1 Å². The zero-order chi connectivity index (χ0) is 9.19. The molecular formula is C10H22N2. The van der Waals surface area contributed by atoms with Gasteiger partial charge >= 0.3 is 0 Å². The van der Waals surface area contributed by atoms with Crippen LogP contribution in [0.5, 0.6) is 0 Å². The molecule has 1 saturated carbocycles. The summed E-state index contributed by atoms with van der Waals surface area (Å²) in [7, 11) is 0. The van der Waals surface area contributed by atoms with Crippen LogP contribution in [0.25, 0.3) is 0 Å². The number of hydrogen-bond donors (Lipinski definition) is 2. The maximum Gasteiger partial charge on any atom is 0.0223 e. The normalized spacial score (nSPS) is 32.0. The van der Waals surface area contributed by atoms with Crippen LogP contribution in [-0.4, -0.2) is 17.6 Å². The first-order valence-electron chi connectivity index (χ1n) is 5.02. The van der Waals surface area contributed by atoms with E-state index in [1.54, 1.807) is 0 Å². The third kappa shape index (κ3) is 3.11. The summed E-state index contributed by atoms with van der Waals surface area (Å²) in [5.74, 6) is 0. The zero-order valence-electron chi connectivity index (χ0n) is 8.56. The molecule has 0 aromatic carbocycles. The fourth-order valence-corrected chi connectivity index (χ4v) is 1.89. The van der Waals surface area contributed by atoms with Crippen LogP contribution >= 0.6 is 0 Å². The van der Waals surface area contributed by atoms with Crippen molar-refractivity contribution < 1.29 is 0 Å². The van der Waals surface area contributed by atoms with Gasteiger partial charge in [-0.2, -0.15) is 0 Å². The van der Waals surface area contributed by atoms with E-state index in [0.29, 0.717) is 12.1 Å². The van der Waals surface area contributed by atoms with E-state index in [0.717, 1.165) is 0 Å². The molecule has 0 amide bonds. The second kappa shape index (κ2) is 3.75. The predicted molar refractivity (Wildman–Crippen MR) is 53.1 cm³/mol. The highest BCUT2D eigenvalue weighted by molar-refractivity contribution is 4.87. The van der Waals surface area contributed by atoms with Gasteiger partial charge in [0, 0.05) is 17.6 Å². The monoisotopic (exact) mass is 170 g/mol. The van der Waals surface area contributed by atoms with Gasteiger partial charge in [-0.25, -0.2) is 0 Å². The molecule has 1 fully saturated rings. The molecular weight excluding hydrogens is 148 g/mol. The van der Waals surface area contributed by atoms with Crippen LogP contribution in [-0.2, 0) is 0 Å². The lowest BCUT2D eigenvalue weighted by Gasteiger charge is -2.35. The summed E-state index contributed by atoms with van der Waals surface area (Å²) in [6.45, 7) is 6.61. The van der Waals surface area contributed by atoms with Crippen LogP contribution in [0.1, 0.15) is 46.5 Å². The van der Waals surface area contributed by atoms with Gasteiger partial charge in [0.1, 0.15) is 0 Å². The third-order valence-electron chi connectivity index (χ3n) is 2.44. The van der Waals surface area contributed by atoms with E-state index in [9.17, 15) is 0 Å². The molecule has 3 N–H and O–H groups in total. The average Bonchev–Trinajstić information content (AvgIpc) is 1.91. The molecule has 0 aromatic heterocycles. The van der Waals surface area contributed by atoms with Crippen molar-refractivity contribution in [1.82, 2.24) is 5.32 Å². The highest BCUT2D eigenvalue weighted by atomic mass is 15.0. The quantitative estimate of drug-likeness (QED) is 0.628. The molecule has 72 valence electrons. The SMILES string of the molecule is CC(C)(C)N[C@H]1CCCC[C@H]1N. The van der Waals surface area contributed by atoms with Crippen molar-refractivity contribution in [2.75, 3.05) is 0 Å². The first-order valence-corrected chi connectivity index (χ1v) is 5.02. The van der Waals surface area contributed by atoms with Gasteiger partial charge in [0.25, 0.3) is 0 Å². The van der Waals surface area contributed by atoms with Gasteiger partial charge in [-0.15, -0.1) is 0 Å². The molecule has 2 heteroatoms. The Morgan fingerprint density at radius 2 is 1.75 bits per heavy atom. The summed E-state index contributed by atoms with van der Waals surface area (Å²) in [5, 5.41) is 3.58. The lowest BCUT2D eigenvalue weighted by atomic mass is 9.89. The Balaban J connectivity index is 2.39. The fourth-order valence-electron chi connectivity index (χ4n) is 1.89. The Bertz CT molecular complexity index is 137. The topological polar surface area (TPSA) is 38.0 Å². The fraction of sp³-hybridized carbons (Fsp3) is 1.00. The van der Waals surface area contributed by atoms with Crippen molar-refractivity contribution in [2.45, 2.75) is 64.1 Å². The molecule has 1 rings (SSSR count). The first kappa shape index (κ1) is 10.0. The molecule has 0 saturated heterocycles. The Morgan fingerprint density at radius 1 is 1.17 bits per heavy atom. The smallest absolute Gasteiger partial charge is 0.0223 e. The first-order chi connectivity index (χ1) is 5.49.